The largest absolute Gasteiger partial charge is 0.371 e. The lowest BCUT2D eigenvalue weighted by atomic mass is 10.1. The molecule has 0 aromatic carbocycles. The molecule has 1 aliphatic rings. The summed E-state index contributed by atoms with van der Waals surface area (Å²) < 4.78 is 5.66. The minimum atomic E-state index is -0.315. The lowest BCUT2D eigenvalue weighted by Gasteiger charge is -2.21. The van der Waals surface area contributed by atoms with Gasteiger partial charge in [0.1, 0.15) is 0 Å². The standard InChI is InChI=1S/C11H18O2/c1-3-4-5-8-13-11(2)7-6-10(12)9-11/h6-7H,3-5,8-9H2,1-2H3. The Hall–Kier alpha value is -0.630. The number of unbranched alkanes of at least 4 members (excludes halogenated alkanes) is 2. The van der Waals surface area contributed by atoms with E-state index in [-0.39, 0.29) is 11.4 Å². The average molecular weight is 182 g/mol. The summed E-state index contributed by atoms with van der Waals surface area (Å²) in [6.07, 6.45) is 7.51. The molecule has 0 fully saturated rings. The Kier molecular flexibility index (Phi) is 3.67. The highest BCUT2D eigenvalue weighted by atomic mass is 16.5. The minimum absolute atomic E-state index is 0.179. The van der Waals surface area contributed by atoms with Crippen LogP contribution >= 0.6 is 0 Å². The fourth-order valence-corrected chi connectivity index (χ4v) is 1.49. The Morgan fingerprint density at radius 2 is 2.31 bits per heavy atom. The Bertz CT molecular complexity index is 208. The molecule has 2 nitrogen and oxygen atoms in total. The van der Waals surface area contributed by atoms with Crippen molar-refractivity contribution in [1.29, 1.82) is 0 Å². The van der Waals surface area contributed by atoms with Crippen LogP contribution in [0, 0.1) is 0 Å². The molecule has 0 saturated carbocycles. The van der Waals surface area contributed by atoms with E-state index in [4.69, 9.17) is 4.74 Å². The molecule has 74 valence electrons. The quantitative estimate of drug-likeness (QED) is 0.610. The minimum Gasteiger partial charge on any atom is -0.371 e. The van der Waals surface area contributed by atoms with Crippen molar-refractivity contribution in [3.8, 4) is 0 Å². The predicted molar refractivity (Wildman–Crippen MR) is 52.6 cm³/mol. The summed E-state index contributed by atoms with van der Waals surface area (Å²) in [5.74, 6) is 0.179. The van der Waals surface area contributed by atoms with Gasteiger partial charge in [0, 0.05) is 13.0 Å². The molecular formula is C11H18O2. The van der Waals surface area contributed by atoms with Crippen molar-refractivity contribution in [2.75, 3.05) is 6.61 Å². The summed E-state index contributed by atoms with van der Waals surface area (Å²) in [7, 11) is 0. The van der Waals surface area contributed by atoms with Crippen LogP contribution < -0.4 is 0 Å². The van der Waals surface area contributed by atoms with E-state index in [0.717, 1.165) is 13.0 Å². The molecule has 1 atom stereocenters. The van der Waals surface area contributed by atoms with Gasteiger partial charge in [0.25, 0.3) is 0 Å². The molecule has 1 unspecified atom stereocenters. The van der Waals surface area contributed by atoms with Crippen molar-refractivity contribution in [2.45, 2.75) is 45.1 Å². The molecule has 0 aliphatic heterocycles. The highest BCUT2D eigenvalue weighted by Crippen LogP contribution is 2.24. The highest BCUT2D eigenvalue weighted by Gasteiger charge is 2.29. The number of ether oxygens (including phenoxy) is 1. The van der Waals surface area contributed by atoms with Gasteiger partial charge in [-0.2, -0.15) is 0 Å². The van der Waals surface area contributed by atoms with Gasteiger partial charge < -0.3 is 4.74 Å². The Morgan fingerprint density at radius 3 is 2.85 bits per heavy atom. The Labute approximate surface area is 80.0 Å². The van der Waals surface area contributed by atoms with Crippen LogP contribution in [-0.4, -0.2) is 18.0 Å². The SMILES string of the molecule is CCCCCOC1(C)C=CC(=O)C1. The summed E-state index contributed by atoms with van der Waals surface area (Å²) in [6.45, 7) is 4.91. The van der Waals surface area contributed by atoms with Crippen LogP contribution in [0.25, 0.3) is 0 Å². The normalized spacial score (nSPS) is 27.1. The van der Waals surface area contributed by atoms with E-state index >= 15 is 0 Å². The van der Waals surface area contributed by atoms with Crippen LogP contribution in [0.3, 0.4) is 0 Å². The van der Waals surface area contributed by atoms with Gasteiger partial charge in [-0.05, 0) is 25.5 Å². The molecule has 0 aromatic rings. The van der Waals surface area contributed by atoms with Gasteiger partial charge in [0.2, 0.25) is 0 Å². The third kappa shape index (κ3) is 3.31. The zero-order valence-electron chi connectivity index (χ0n) is 8.51. The first kappa shape index (κ1) is 10.5. The molecule has 0 amide bonds. The summed E-state index contributed by atoms with van der Waals surface area (Å²) >= 11 is 0. The third-order valence-corrected chi connectivity index (χ3v) is 2.33. The zero-order valence-corrected chi connectivity index (χ0v) is 8.51. The Morgan fingerprint density at radius 1 is 1.54 bits per heavy atom. The van der Waals surface area contributed by atoms with E-state index in [1.807, 2.05) is 13.0 Å². The first-order valence-electron chi connectivity index (χ1n) is 5.02. The van der Waals surface area contributed by atoms with Crippen LogP contribution in [0.2, 0.25) is 0 Å². The van der Waals surface area contributed by atoms with Gasteiger partial charge in [0.05, 0.1) is 5.60 Å². The maximum Gasteiger partial charge on any atom is 0.158 e. The average Bonchev–Trinajstić information content (AvgIpc) is 2.41. The summed E-state index contributed by atoms with van der Waals surface area (Å²) in [5, 5.41) is 0. The number of ketones is 1. The van der Waals surface area contributed by atoms with E-state index < -0.39 is 0 Å². The molecule has 0 saturated heterocycles. The number of rotatable bonds is 5. The molecule has 1 rings (SSSR count). The van der Waals surface area contributed by atoms with Crippen molar-refractivity contribution in [3.05, 3.63) is 12.2 Å². The van der Waals surface area contributed by atoms with Crippen LogP contribution in [0.4, 0.5) is 0 Å². The highest BCUT2D eigenvalue weighted by molar-refractivity contribution is 5.93. The first-order chi connectivity index (χ1) is 6.16. The number of carbonyl (C=O) groups is 1. The van der Waals surface area contributed by atoms with Gasteiger partial charge >= 0.3 is 0 Å². The van der Waals surface area contributed by atoms with E-state index in [1.54, 1.807) is 6.08 Å². The van der Waals surface area contributed by atoms with Crippen molar-refractivity contribution in [3.63, 3.8) is 0 Å². The maximum atomic E-state index is 11.0. The van der Waals surface area contributed by atoms with Crippen LogP contribution in [0.1, 0.15) is 39.5 Å². The van der Waals surface area contributed by atoms with E-state index in [0.29, 0.717) is 6.42 Å². The maximum absolute atomic E-state index is 11.0. The summed E-state index contributed by atoms with van der Waals surface area (Å²) in [4.78, 5) is 11.0. The molecule has 0 heterocycles. The monoisotopic (exact) mass is 182 g/mol. The first-order valence-corrected chi connectivity index (χ1v) is 5.02. The van der Waals surface area contributed by atoms with Gasteiger partial charge in [-0.3, -0.25) is 4.79 Å². The van der Waals surface area contributed by atoms with Crippen molar-refractivity contribution in [1.82, 2.24) is 0 Å². The van der Waals surface area contributed by atoms with Crippen LogP contribution in [0.15, 0.2) is 12.2 Å². The zero-order chi connectivity index (χ0) is 9.73. The van der Waals surface area contributed by atoms with Crippen molar-refractivity contribution >= 4 is 5.78 Å². The number of hydrogen-bond donors (Lipinski definition) is 0. The van der Waals surface area contributed by atoms with Crippen molar-refractivity contribution < 1.29 is 9.53 Å². The van der Waals surface area contributed by atoms with E-state index in [1.165, 1.54) is 12.8 Å². The molecule has 0 spiro atoms. The fraction of sp³-hybridized carbons (Fsp3) is 0.727. The predicted octanol–water partition coefficient (Wildman–Crippen LogP) is 2.48. The molecule has 0 radical (unpaired) electrons. The molecule has 1 aliphatic carbocycles. The van der Waals surface area contributed by atoms with Gasteiger partial charge in [-0.1, -0.05) is 19.8 Å². The second-order valence-corrected chi connectivity index (χ2v) is 3.84. The fourth-order valence-electron chi connectivity index (χ4n) is 1.49. The number of allylic oxidation sites excluding steroid dienone is 1. The van der Waals surface area contributed by atoms with Crippen molar-refractivity contribution in [2.24, 2.45) is 0 Å². The van der Waals surface area contributed by atoms with E-state index in [2.05, 4.69) is 6.92 Å². The third-order valence-electron chi connectivity index (χ3n) is 2.33. The van der Waals surface area contributed by atoms with Gasteiger partial charge in [-0.25, -0.2) is 0 Å². The molecule has 2 heteroatoms. The topological polar surface area (TPSA) is 26.3 Å². The molecule has 0 aromatic heterocycles. The van der Waals surface area contributed by atoms with Gasteiger partial charge in [-0.15, -0.1) is 0 Å². The molecule has 0 N–H and O–H groups in total. The Balaban J connectivity index is 2.21. The molecular weight excluding hydrogens is 164 g/mol. The van der Waals surface area contributed by atoms with Crippen LogP contribution in [-0.2, 0) is 9.53 Å². The number of carbonyl (C=O) groups excluding carboxylic acids is 1. The lowest BCUT2D eigenvalue weighted by Crippen LogP contribution is -2.25. The lowest BCUT2D eigenvalue weighted by molar-refractivity contribution is -0.117. The van der Waals surface area contributed by atoms with Gasteiger partial charge in [0.15, 0.2) is 5.78 Å². The van der Waals surface area contributed by atoms with Crippen LogP contribution in [0.5, 0.6) is 0 Å². The molecule has 0 bridgehead atoms. The molecule has 13 heavy (non-hydrogen) atoms. The smallest absolute Gasteiger partial charge is 0.158 e. The summed E-state index contributed by atoms with van der Waals surface area (Å²) in [6, 6.07) is 0. The summed E-state index contributed by atoms with van der Waals surface area (Å²) in [5.41, 5.74) is -0.315. The second kappa shape index (κ2) is 4.56. The second-order valence-electron chi connectivity index (χ2n) is 3.84. The van der Waals surface area contributed by atoms with E-state index in [9.17, 15) is 4.79 Å². The number of hydrogen-bond acceptors (Lipinski definition) is 2.